The van der Waals surface area contributed by atoms with E-state index in [1.165, 1.54) is 0 Å². The number of carbonyl (C=O) groups is 1. The number of nitriles is 1. The van der Waals surface area contributed by atoms with Gasteiger partial charge in [-0.1, -0.05) is 0 Å². The molecule has 6 heteroatoms. The van der Waals surface area contributed by atoms with Crippen molar-refractivity contribution in [2.75, 3.05) is 18.6 Å². The van der Waals surface area contributed by atoms with Crippen molar-refractivity contribution in [3.8, 4) is 6.07 Å². The van der Waals surface area contributed by atoms with Gasteiger partial charge in [-0.2, -0.15) is 5.26 Å². The van der Waals surface area contributed by atoms with Crippen LogP contribution in [0.2, 0.25) is 0 Å². The molecule has 5 nitrogen and oxygen atoms in total. The molecule has 1 fully saturated rings. The summed E-state index contributed by atoms with van der Waals surface area (Å²) in [6.45, 7) is 1.85. The lowest BCUT2D eigenvalue weighted by Crippen LogP contribution is -2.22. The number of hydrogen-bond acceptors (Lipinski definition) is 5. The maximum atomic E-state index is 11.4. The van der Waals surface area contributed by atoms with Crippen LogP contribution >= 0.6 is 0 Å². The zero-order valence-corrected chi connectivity index (χ0v) is 9.50. The van der Waals surface area contributed by atoms with Gasteiger partial charge in [0, 0.05) is 12.2 Å². The SMILES string of the molecule is CCOC(=O)C1(C#N)CC1CS(C)(=O)=O. The molecule has 0 heterocycles. The molecule has 0 amide bonds. The summed E-state index contributed by atoms with van der Waals surface area (Å²) in [4.78, 5) is 11.4. The average Bonchev–Trinajstić information content (AvgIpc) is 2.77. The predicted octanol–water partition coefficient (Wildman–Crippen LogP) is 0.124. The number of hydrogen-bond donors (Lipinski definition) is 0. The molecule has 0 radical (unpaired) electrons. The van der Waals surface area contributed by atoms with Crippen molar-refractivity contribution in [3.63, 3.8) is 0 Å². The van der Waals surface area contributed by atoms with Crippen LogP contribution in [0.1, 0.15) is 13.3 Å². The molecule has 0 saturated heterocycles. The van der Waals surface area contributed by atoms with Crippen molar-refractivity contribution in [1.29, 1.82) is 5.26 Å². The van der Waals surface area contributed by atoms with Crippen LogP contribution in [0.3, 0.4) is 0 Å². The Bertz CT molecular complexity index is 408. The minimum Gasteiger partial charge on any atom is -0.465 e. The molecule has 0 spiro atoms. The van der Waals surface area contributed by atoms with E-state index in [1.54, 1.807) is 6.92 Å². The van der Waals surface area contributed by atoms with Crippen molar-refractivity contribution in [2.24, 2.45) is 11.3 Å². The Morgan fingerprint density at radius 1 is 1.67 bits per heavy atom. The van der Waals surface area contributed by atoms with Gasteiger partial charge in [0.05, 0.1) is 18.4 Å². The lowest BCUT2D eigenvalue weighted by molar-refractivity contribution is -0.147. The Morgan fingerprint density at radius 3 is 2.67 bits per heavy atom. The minimum absolute atomic E-state index is 0.126. The van der Waals surface area contributed by atoms with Gasteiger partial charge in [0.15, 0.2) is 5.41 Å². The van der Waals surface area contributed by atoms with Crippen LogP contribution in [-0.2, 0) is 19.4 Å². The molecule has 2 atom stereocenters. The largest absolute Gasteiger partial charge is 0.465 e. The first kappa shape index (κ1) is 12.0. The topological polar surface area (TPSA) is 84.2 Å². The molecule has 0 aromatic rings. The summed E-state index contributed by atoms with van der Waals surface area (Å²) in [6, 6.07) is 1.87. The third-order valence-corrected chi connectivity index (χ3v) is 3.46. The Balaban J connectivity index is 2.71. The van der Waals surface area contributed by atoms with E-state index in [9.17, 15) is 13.2 Å². The molecule has 1 rings (SSSR count). The van der Waals surface area contributed by atoms with Gasteiger partial charge >= 0.3 is 5.97 Å². The highest BCUT2D eigenvalue weighted by atomic mass is 32.2. The van der Waals surface area contributed by atoms with E-state index >= 15 is 0 Å². The molecule has 0 N–H and O–H groups in total. The van der Waals surface area contributed by atoms with Crippen LogP contribution in [0.15, 0.2) is 0 Å². The Hall–Kier alpha value is -1.09. The van der Waals surface area contributed by atoms with Gasteiger partial charge in [-0.15, -0.1) is 0 Å². The average molecular weight is 231 g/mol. The van der Waals surface area contributed by atoms with E-state index in [4.69, 9.17) is 10.00 Å². The van der Waals surface area contributed by atoms with Gasteiger partial charge in [0.2, 0.25) is 0 Å². The number of esters is 1. The van der Waals surface area contributed by atoms with E-state index < -0.39 is 27.1 Å². The summed E-state index contributed by atoms with van der Waals surface area (Å²) in [5, 5.41) is 8.88. The lowest BCUT2D eigenvalue weighted by atomic mass is 10.1. The number of rotatable bonds is 4. The molecule has 0 aromatic carbocycles. The normalized spacial score (nSPS) is 29.3. The van der Waals surface area contributed by atoms with Crippen molar-refractivity contribution < 1.29 is 17.9 Å². The molecular weight excluding hydrogens is 218 g/mol. The Kier molecular flexibility index (Phi) is 3.05. The van der Waals surface area contributed by atoms with Crippen LogP contribution in [0.4, 0.5) is 0 Å². The monoisotopic (exact) mass is 231 g/mol. The number of sulfone groups is 1. The maximum Gasteiger partial charge on any atom is 0.326 e. The van der Waals surface area contributed by atoms with Crippen molar-refractivity contribution in [3.05, 3.63) is 0 Å². The fourth-order valence-corrected chi connectivity index (χ4v) is 2.72. The molecule has 0 aromatic heterocycles. The summed E-state index contributed by atoms with van der Waals surface area (Å²) < 4.78 is 26.8. The zero-order chi connectivity index (χ0) is 11.7. The molecule has 2 unspecified atom stereocenters. The van der Waals surface area contributed by atoms with Crippen LogP contribution in [-0.4, -0.2) is 33.0 Å². The number of carbonyl (C=O) groups excluding carboxylic acids is 1. The van der Waals surface area contributed by atoms with Gasteiger partial charge in [-0.05, 0) is 13.3 Å². The highest BCUT2D eigenvalue weighted by Crippen LogP contribution is 2.53. The first-order valence-electron chi connectivity index (χ1n) is 4.62. The van der Waals surface area contributed by atoms with Gasteiger partial charge in [-0.25, -0.2) is 8.42 Å². The summed E-state index contributed by atoms with van der Waals surface area (Å²) in [7, 11) is -3.15. The smallest absolute Gasteiger partial charge is 0.326 e. The van der Waals surface area contributed by atoms with E-state index in [2.05, 4.69) is 0 Å². The Labute approximate surface area is 88.9 Å². The second-order valence-corrected chi connectivity index (χ2v) is 5.98. The maximum absolute atomic E-state index is 11.4. The molecule has 1 aliphatic carbocycles. The standard InChI is InChI=1S/C9H13NO4S/c1-3-14-8(11)9(6-10)4-7(9)5-15(2,12)13/h7H,3-5H2,1-2H3. The summed E-state index contributed by atoms with van der Waals surface area (Å²) >= 11 is 0. The third-order valence-electron chi connectivity index (χ3n) is 2.45. The van der Waals surface area contributed by atoms with Crippen LogP contribution in [0.25, 0.3) is 0 Å². The Morgan fingerprint density at radius 2 is 2.27 bits per heavy atom. The second-order valence-electron chi connectivity index (χ2n) is 3.80. The van der Waals surface area contributed by atoms with E-state index in [-0.39, 0.29) is 18.8 Å². The van der Waals surface area contributed by atoms with E-state index in [0.717, 1.165) is 6.26 Å². The highest BCUT2D eigenvalue weighted by Gasteiger charge is 2.63. The first-order chi connectivity index (χ1) is 6.85. The predicted molar refractivity (Wildman–Crippen MR) is 52.5 cm³/mol. The van der Waals surface area contributed by atoms with Crippen LogP contribution in [0.5, 0.6) is 0 Å². The van der Waals surface area contributed by atoms with Crippen LogP contribution < -0.4 is 0 Å². The fourth-order valence-electron chi connectivity index (χ4n) is 1.59. The second kappa shape index (κ2) is 3.81. The fraction of sp³-hybridized carbons (Fsp3) is 0.778. The van der Waals surface area contributed by atoms with Crippen molar-refractivity contribution in [1.82, 2.24) is 0 Å². The van der Waals surface area contributed by atoms with Gasteiger partial charge in [0.1, 0.15) is 9.84 Å². The van der Waals surface area contributed by atoms with E-state index in [1.807, 2.05) is 6.07 Å². The molecule has 84 valence electrons. The summed E-state index contributed by atoms with van der Waals surface area (Å²) in [5.41, 5.74) is -1.21. The molecule has 15 heavy (non-hydrogen) atoms. The zero-order valence-electron chi connectivity index (χ0n) is 8.69. The van der Waals surface area contributed by atoms with Gasteiger partial charge in [-0.3, -0.25) is 4.79 Å². The summed E-state index contributed by atoms with van der Waals surface area (Å²) in [6.07, 6.45) is 1.38. The van der Waals surface area contributed by atoms with Crippen LogP contribution in [0, 0.1) is 22.7 Å². The van der Waals surface area contributed by atoms with Gasteiger partial charge < -0.3 is 4.74 Å². The quantitative estimate of drug-likeness (QED) is 0.642. The van der Waals surface area contributed by atoms with Crippen molar-refractivity contribution >= 4 is 15.8 Å². The molecule has 1 aliphatic rings. The molecule has 0 bridgehead atoms. The van der Waals surface area contributed by atoms with Crippen molar-refractivity contribution in [2.45, 2.75) is 13.3 Å². The highest BCUT2D eigenvalue weighted by molar-refractivity contribution is 7.90. The molecule has 0 aliphatic heterocycles. The third kappa shape index (κ3) is 2.48. The molecular formula is C9H13NO4S. The lowest BCUT2D eigenvalue weighted by Gasteiger charge is -2.06. The van der Waals surface area contributed by atoms with E-state index in [0.29, 0.717) is 0 Å². The number of ether oxygens (including phenoxy) is 1. The minimum atomic E-state index is -3.15. The molecule has 1 saturated carbocycles. The first-order valence-corrected chi connectivity index (χ1v) is 6.68. The summed E-state index contributed by atoms with van der Waals surface area (Å²) in [5.74, 6) is -1.13. The number of nitrogens with zero attached hydrogens (tertiary/aromatic N) is 1. The van der Waals surface area contributed by atoms with Gasteiger partial charge in [0.25, 0.3) is 0 Å².